The Morgan fingerprint density at radius 3 is 3.06 bits per heavy atom. The van der Waals surface area contributed by atoms with Crippen molar-refractivity contribution in [2.45, 2.75) is 31.8 Å². The highest BCUT2D eigenvalue weighted by Gasteiger charge is 2.30. The van der Waals surface area contributed by atoms with Gasteiger partial charge in [-0.2, -0.15) is 5.10 Å². The summed E-state index contributed by atoms with van der Waals surface area (Å²) in [6.45, 7) is 1.95. The summed E-state index contributed by atoms with van der Waals surface area (Å²) >= 11 is 6.02. The Bertz CT molecular complexity index is 579. The van der Waals surface area contributed by atoms with Crippen molar-refractivity contribution >= 4 is 11.6 Å². The molecule has 94 valence electrons. The number of aliphatic hydroxyl groups is 1. The smallest absolute Gasteiger partial charge is 0.0831 e. The van der Waals surface area contributed by atoms with Crippen LogP contribution in [-0.4, -0.2) is 15.3 Å². The normalized spacial score (nSPS) is 22.8. The van der Waals surface area contributed by atoms with Crippen LogP contribution in [0.25, 0.3) is 0 Å². The molecule has 1 aromatic heterocycles. The summed E-state index contributed by atoms with van der Waals surface area (Å²) in [5.74, 6) is 0.286. The topological polar surface area (TPSA) is 48.9 Å². The third-order valence-electron chi connectivity index (χ3n) is 3.67. The molecule has 4 heteroatoms. The van der Waals surface area contributed by atoms with Gasteiger partial charge in [0.2, 0.25) is 0 Å². The maximum atomic E-state index is 10.2. The number of benzene rings is 1. The predicted octanol–water partition coefficient (Wildman–Crippen LogP) is 3.13. The minimum Gasteiger partial charge on any atom is -0.388 e. The fourth-order valence-electron chi connectivity index (χ4n) is 2.80. The molecule has 1 aliphatic carbocycles. The maximum Gasteiger partial charge on any atom is 0.0831 e. The van der Waals surface area contributed by atoms with Crippen LogP contribution in [-0.2, 0) is 6.42 Å². The van der Waals surface area contributed by atoms with Crippen molar-refractivity contribution in [2.75, 3.05) is 0 Å². The van der Waals surface area contributed by atoms with E-state index in [2.05, 4.69) is 16.3 Å². The van der Waals surface area contributed by atoms with Crippen LogP contribution in [0, 0.1) is 6.92 Å². The molecule has 2 unspecified atom stereocenters. The Labute approximate surface area is 111 Å². The molecule has 1 aliphatic rings. The first-order chi connectivity index (χ1) is 8.65. The Morgan fingerprint density at radius 2 is 2.28 bits per heavy atom. The van der Waals surface area contributed by atoms with Gasteiger partial charge >= 0.3 is 0 Å². The van der Waals surface area contributed by atoms with E-state index >= 15 is 0 Å². The molecule has 2 aromatic rings. The number of halogens is 1. The van der Waals surface area contributed by atoms with E-state index in [1.54, 1.807) is 0 Å². The fraction of sp³-hybridized carbons (Fsp3) is 0.357. The molecule has 1 aromatic carbocycles. The Kier molecular flexibility index (Phi) is 2.88. The van der Waals surface area contributed by atoms with Gasteiger partial charge in [-0.15, -0.1) is 0 Å². The highest BCUT2D eigenvalue weighted by atomic mass is 35.5. The number of hydrogen-bond acceptors (Lipinski definition) is 2. The molecule has 3 rings (SSSR count). The second-order valence-electron chi connectivity index (χ2n) is 4.92. The van der Waals surface area contributed by atoms with Crippen molar-refractivity contribution in [3.63, 3.8) is 0 Å². The summed E-state index contributed by atoms with van der Waals surface area (Å²) < 4.78 is 0. The van der Waals surface area contributed by atoms with E-state index in [9.17, 15) is 5.11 Å². The second kappa shape index (κ2) is 4.41. The summed E-state index contributed by atoms with van der Waals surface area (Å²) in [4.78, 5) is 0. The largest absolute Gasteiger partial charge is 0.388 e. The zero-order chi connectivity index (χ0) is 12.7. The highest BCUT2D eigenvalue weighted by molar-refractivity contribution is 6.30. The lowest BCUT2D eigenvalue weighted by molar-refractivity contribution is 0.147. The molecule has 0 aliphatic heterocycles. The summed E-state index contributed by atoms with van der Waals surface area (Å²) in [6, 6.07) is 7.86. The van der Waals surface area contributed by atoms with Gasteiger partial charge in [-0.3, -0.25) is 5.10 Å². The monoisotopic (exact) mass is 262 g/mol. The zero-order valence-corrected chi connectivity index (χ0v) is 10.9. The number of rotatable bonds is 1. The molecule has 0 saturated carbocycles. The SMILES string of the molecule is Cc1[nH]nc2c1C(O)CC(c1cccc(Cl)c1)C2. The standard InChI is InChI=1S/C14H15ClN2O/c1-8-14-12(17-16-8)6-10(7-13(14)18)9-3-2-4-11(15)5-9/h2-5,10,13,18H,6-7H2,1H3,(H,16,17). The van der Waals surface area contributed by atoms with Crippen LogP contribution in [0.1, 0.15) is 41.0 Å². The van der Waals surface area contributed by atoms with Crippen LogP contribution in [0.5, 0.6) is 0 Å². The van der Waals surface area contributed by atoms with Gasteiger partial charge in [-0.05, 0) is 43.4 Å². The van der Waals surface area contributed by atoms with Gasteiger partial charge in [0.1, 0.15) is 0 Å². The maximum absolute atomic E-state index is 10.2. The number of nitrogens with one attached hydrogen (secondary N) is 1. The van der Waals surface area contributed by atoms with Crippen molar-refractivity contribution in [1.29, 1.82) is 0 Å². The second-order valence-corrected chi connectivity index (χ2v) is 5.35. The van der Waals surface area contributed by atoms with E-state index in [0.29, 0.717) is 0 Å². The fourth-order valence-corrected chi connectivity index (χ4v) is 3.00. The van der Waals surface area contributed by atoms with Gasteiger partial charge in [-0.25, -0.2) is 0 Å². The van der Waals surface area contributed by atoms with Gasteiger partial charge in [0.15, 0.2) is 0 Å². The molecule has 0 saturated heterocycles. The Morgan fingerprint density at radius 1 is 1.44 bits per heavy atom. The van der Waals surface area contributed by atoms with E-state index in [4.69, 9.17) is 11.6 Å². The molecular formula is C14H15ClN2O. The zero-order valence-electron chi connectivity index (χ0n) is 10.2. The summed E-state index contributed by atoms with van der Waals surface area (Å²) in [7, 11) is 0. The average molecular weight is 263 g/mol. The first-order valence-electron chi connectivity index (χ1n) is 6.12. The molecule has 0 radical (unpaired) electrons. The quantitative estimate of drug-likeness (QED) is 0.830. The summed E-state index contributed by atoms with van der Waals surface area (Å²) in [5.41, 5.74) is 4.11. The van der Waals surface area contributed by atoms with Crippen LogP contribution >= 0.6 is 11.6 Å². The van der Waals surface area contributed by atoms with Crippen LogP contribution in [0.15, 0.2) is 24.3 Å². The minimum absolute atomic E-state index is 0.286. The lowest BCUT2D eigenvalue weighted by Crippen LogP contribution is -2.17. The van der Waals surface area contributed by atoms with E-state index in [1.807, 2.05) is 25.1 Å². The van der Waals surface area contributed by atoms with E-state index in [1.165, 1.54) is 5.56 Å². The van der Waals surface area contributed by atoms with Crippen LogP contribution < -0.4 is 0 Å². The van der Waals surface area contributed by atoms with Gasteiger partial charge in [-0.1, -0.05) is 23.7 Å². The number of hydrogen-bond donors (Lipinski definition) is 2. The molecule has 1 heterocycles. The number of fused-ring (bicyclic) bond motifs is 1. The predicted molar refractivity (Wildman–Crippen MR) is 70.8 cm³/mol. The van der Waals surface area contributed by atoms with Crippen LogP contribution in [0.4, 0.5) is 0 Å². The van der Waals surface area contributed by atoms with Crippen molar-refractivity contribution in [3.05, 3.63) is 51.8 Å². The molecule has 3 nitrogen and oxygen atoms in total. The molecule has 0 fully saturated rings. The third-order valence-corrected chi connectivity index (χ3v) is 3.91. The molecule has 0 spiro atoms. The Hall–Kier alpha value is -1.32. The number of H-pyrrole nitrogens is 1. The summed E-state index contributed by atoms with van der Waals surface area (Å²) in [5, 5.41) is 18.2. The van der Waals surface area contributed by atoms with Crippen LogP contribution in [0.2, 0.25) is 5.02 Å². The molecule has 2 N–H and O–H groups in total. The number of aliphatic hydroxyl groups excluding tert-OH is 1. The van der Waals surface area contributed by atoms with Crippen molar-refractivity contribution in [1.82, 2.24) is 10.2 Å². The lowest BCUT2D eigenvalue weighted by Gasteiger charge is -2.26. The van der Waals surface area contributed by atoms with E-state index in [-0.39, 0.29) is 5.92 Å². The molecule has 2 atom stereocenters. The van der Waals surface area contributed by atoms with Gasteiger partial charge in [0.25, 0.3) is 0 Å². The van der Waals surface area contributed by atoms with Crippen molar-refractivity contribution in [3.8, 4) is 0 Å². The molecule has 18 heavy (non-hydrogen) atoms. The number of aromatic amines is 1. The minimum atomic E-state index is -0.434. The number of aromatic nitrogens is 2. The van der Waals surface area contributed by atoms with Crippen molar-refractivity contribution < 1.29 is 5.11 Å². The first kappa shape index (κ1) is 11.8. The lowest BCUT2D eigenvalue weighted by atomic mass is 9.81. The number of aryl methyl sites for hydroxylation is 1. The molecule has 0 amide bonds. The Balaban J connectivity index is 1.95. The van der Waals surface area contributed by atoms with E-state index < -0.39 is 6.10 Å². The number of nitrogens with zero attached hydrogens (tertiary/aromatic N) is 1. The van der Waals surface area contributed by atoms with Gasteiger partial charge < -0.3 is 5.11 Å². The van der Waals surface area contributed by atoms with Gasteiger partial charge in [0, 0.05) is 16.3 Å². The van der Waals surface area contributed by atoms with E-state index in [0.717, 1.165) is 34.8 Å². The van der Waals surface area contributed by atoms with Crippen molar-refractivity contribution in [2.24, 2.45) is 0 Å². The van der Waals surface area contributed by atoms with Gasteiger partial charge in [0.05, 0.1) is 11.8 Å². The highest BCUT2D eigenvalue weighted by Crippen LogP contribution is 2.39. The van der Waals surface area contributed by atoms with Crippen LogP contribution in [0.3, 0.4) is 0 Å². The third kappa shape index (κ3) is 1.93. The summed E-state index contributed by atoms with van der Waals surface area (Å²) in [6.07, 6.45) is 1.15. The molecular weight excluding hydrogens is 248 g/mol. The average Bonchev–Trinajstić information content (AvgIpc) is 2.71. The molecule has 0 bridgehead atoms. The first-order valence-corrected chi connectivity index (χ1v) is 6.50.